The summed E-state index contributed by atoms with van der Waals surface area (Å²) in [5, 5.41) is 10.3. The molecule has 2 atom stereocenters. The molecule has 0 amide bonds. The summed E-state index contributed by atoms with van der Waals surface area (Å²) >= 11 is 0. The number of para-hydroxylation sites is 1. The molecule has 0 saturated heterocycles. The second kappa shape index (κ2) is 6.10. The zero-order chi connectivity index (χ0) is 13.0. The van der Waals surface area contributed by atoms with Crippen molar-refractivity contribution in [3.05, 3.63) is 23.8 Å². The Morgan fingerprint density at radius 2 is 1.83 bits per heavy atom. The topological polar surface area (TPSA) is 38.7 Å². The lowest BCUT2D eigenvalue weighted by Gasteiger charge is -2.23. The van der Waals surface area contributed by atoms with E-state index in [4.69, 9.17) is 9.47 Å². The smallest absolute Gasteiger partial charge is 0.164 e. The molecule has 18 heavy (non-hydrogen) atoms. The fourth-order valence-electron chi connectivity index (χ4n) is 2.85. The van der Waals surface area contributed by atoms with Gasteiger partial charge in [-0.2, -0.15) is 0 Å². The number of ether oxygens (including phenoxy) is 2. The maximum atomic E-state index is 10.3. The molecular weight excluding hydrogens is 228 g/mol. The van der Waals surface area contributed by atoms with Crippen molar-refractivity contribution in [1.82, 2.24) is 0 Å². The Morgan fingerprint density at radius 1 is 1.06 bits per heavy atom. The van der Waals surface area contributed by atoms with Crippen LogP contribution in [-0.4, -0.2) is 25.4 Å². The standard InChI is InChI=1S/C15H22O3/c1-17-14-10-6-8-12(15(14)18-2)11-7-4-3-5-9-13(11)16/h6,8,10-11,13,16H,3-5,7,9H2,1-2H3/t11-,13+/m1/s1. The van der Waals surface area contributed by atoms with Crippen molar-refractivity contribution >= 4 is 0 Å². The Kier molecular flexibility index (Phi) is 4.48. The Labute approximate surface area is 109 Å². The van der Waals surface area contributed by atoms with E-state index in [0.717, 1.165) is 36.3 Å². The van der Waals surface area contributed by atoms with Crippen molar-refractivity contribution in [3.63, 3.8) is 0 Å². The van der Waals surface area contributed by atoms with Crippen LogP contribution in [0, 0.1) is 0 Å². The van der Waals surface area contributed by atoms with Gasteiger partial charge < -0.3 is 14.6 Å². The maximum Gasteiger partial charge on any atom is 0.164 e. The van der Waals surface area contributed by atoms with Crippen LogP contribution in [0.15, 0.2) is 18.2 Å². The highest BCUT2D eigenvalue weighted by Gasteiger charge is 2.27. The summed E-state index contributed by atoms with van der Waals surface area (Å²) < 4.78 is 10.8. The quantitative estimate of drug-likeness (QED) is 0.838. The first kappa shape index (κ1) is 13.2. The summed E-state index contributed by atoms with van der Waals surface area (Å²) in [5.74, 6) is 1.68. The fraction of sp³-hybridized carbons (Fsp3) is 0.600. The lowest BCUT2D eigenvalue weighted by Crippen LogP contribution is -2.17. The van der Waals surface area contributed by atoms with Crippen LogP contribution in [0.3, 0.4) is 0 Å². The van der Waals surface area contributed by atoms with Gasteiger partial charge in [-0.05, 0) is 18.9 Å². The van der Waals surface area contributed by atoms with Crippen LogP contribution in [0.5, 0.6) is 11.5 Å². The zero-order valence-electron chi connectivity index (χ0n) is 11.2. The first-order valence-corrected chi connectivity index (χ1v) is 6.67. The highest BCUT2D eigenvalue weighted by molar-refractivity contribution is 5.48. The van der Waals surface area contributed by atoms with Crippen LogP contribution in [0.1, 0.15) is 43.6 Å². The molecule has 3 nitrogen and oxygen atoms in total. The number of hydrogen-bond donors (Lipinski definition) is 1. The minimum absolute atomic E-state index is 0.164. The SMILES string of the molecule is COc1cccc([C@H]2CCCCC[C@@H]2O)c1OC. The number of aliphatic hydroxyl groups is 1. The molecule has 1 fully saturated rings. The van der Waals surface area contributed by atoms with E-state index in [2.05, 4.69) is 0 Å². The molecule has 0 radical (unpaired) electrons. The van der Waals surface area contributed by atoms with Gasteiger partial charge in [0, 0.05) is 11.5 Å². The van der Waals surface area contributed by atoms with E-state index in [-0.39, 0.29) is 12.0 Å². The molecular formula is C15H22O3. The fourth-order valence-corrected chi connectivity index (χ4v) is 2.85. The van der Waals surface area contributed by atoms with E-state index in [0.29, 0.717) is 0 Å². The molecule has 1 saturated carbocycles. The van der Waals surface area contributed by atoms with Gasteiger partial charge in [0.1, 0.15) is 0 Å². The van der Waals surface area contributed by atoms with Gasteiger partial charge in [0.25, 0.3) is 0 Å². The molecule has 100 valence electrons. The molecule has 1 aliphatic rings. The van der Waals surface area contributed by atoms with Gasteiger partial charge in [-0.3, -0.25) is 0 Å². The highest BCUT2D eigenvalue weighted by atomic mass is 16.5. The lowest BCUT2D eigenvalue weighted by atomic mass is 9.88. The van der Waals surface area contributed by atoms with E-state index in [1.807, 2.05) is 18.2 Å². The largest absolute Gasteiger partial charge is 0.493 e. The minimum atomic E-state index is -0.270. The second-order valence-electron chi connectivity index (χ2n) is 4.89. The summed E-state index contributed by atoms with van der Waals surface area (Å²) in [7, 11) is 3.30. The van der Waals surface area contributed by atoms with Crippen LogP contribution in [-0.2, 0) is 0 Å². The molecule has 2 rings (SSSR count). The van der Waals surface area contributed by atoms with Crippen LogP contribution >= 0.6 is 0 Å². The molecule has 0 aliphatic heterocycles. The third-order valence-corrected chi connectivity index (χ3v) is 3.81. The van der Waals surface area contributed by atoms with E-state index in [9.17, 15) is 5.11 Å². The van der Waals surface area contributed by atoms with Crippen molar-refractivity contribution in [3.8, 4) is 11.5 Å². The molecule has 0 unspecified atom stereocenters. The first-order valence-electron chi connectivity index (χ1n) is 6.67. The second-order valence-corrected chi connectivity index (χ2v) is 4.89. The third kappa shape index (κ3) is 2.61. The summed E-state index contributed by atoms with van der Waals surface area (Å²) in [6.07, 6.45) is 5.12. The Bertz CT molecular complexity index is 389. The van der Waals surface area contributed by atoms with E-state index in [1.54, 1.807) is 14.2 Å². The predicted molar refractivity (Wildman–Crippen MR) is 71.4 cm³/mol. The Hall–Kier alpha value is -1.22. The molecule has 3 heteroatoms. The van der Waals surface area contributed by atoms with Crippen molar-refractivity contribution < 1.29 is 14.6 Å². The van der Waals surface area contributed by atoms with E-state index in [1.165, 1.54) is 12.8 Å². The molecule has 0 bridgehead atoms. The molecule has 1 N–H and O–H groups in total. The predicted octanol–water partition coefficient (Wildman–Crippen LogP) is 3.11. The molecule has 1 aromatic rings. The number of hydrogen-bond acceptors (Lipinski definition) is 3. The number of aliphatic hydroxyl groups excluding tert-OH is 1. The highest BCUT2D eigenvalue weighted by Crippen LogP contribution is 2.41. The zero-order valence-corrected chi connectivity index (χ0v) is 11.2. The first-order chi connectivity index (χ1) is 8.77. The summed E-state index contributed by atoms with van der Waals surface area (Å²) in [6, 6.07) is 5.90. The number of rotatable bonds is 3. The van der Waals surface area contributed by atoms with Crippen molar-refractivity contribution in [2.45, 2.75) is 44.1 Å². The van der Waals surface area contributed by atoms with Crippen molar-refractivity contribution in [1.29, 1.82) is 0 Å². The lowest BCUT2D eigenvalue weighted by molar-refractivity contribution is 0.133. The van der Waals surface area contributed by atoms with E-state index >= 15 is 0 Å². The summed E-state index contributed by atoms with van der Waals surface area (Å²) in [4.78, 5) is 0. The molecule has 0 spiro atoms. The molecule has 0 aromatic heterocycles. The van der Waals surface area contributed by atoms with Crippen LogP contribution < -0.4 is 9.47 Å². The summed E-state index contributed by atoms with van der Waals surface area (Å²) in [6.45, 7) is 0. The van der Waals surface area contributed by atoms with Gasteiger partial charge in [-0.15, -0.1) is 0 Å². The minimum Gasteiger partial charge on any atom is -0.493 e. The van der Waals surface area contributed by atoms with Crippen LogP contribution in [0.25, 0.3) is 0 Å². The van der Waals surface area contributed by atoms with Gasteiger partial charge >= 0.3 is 0 Å². The Balaban J connectivity index is 2.36. The Morgan fingerprint density at radius 3 is 2.56 bits per heavy atom. The van der Waals surface area contributed by atoms with Gasteiger partial charge in [0.15, 0.2) is 11.5 Å². The molecule has 0 heterocycles. The maximum absolute atomic E-state index is 10.3. The number of methoxy groups -OCH3 is 2. The van der Waals surface area contributed by atoms with Crippen LogP contribution in [0.2, 0.25) is 0 Å². The third-order valence-electron chi connectivity index (χ3n) is 3.81. The van der Waals surface area contributed by atoms with Gasteiger partial charge in [-0.1, -0.05) is 31.4 Å². The summed E-state index contributed by atoms with van der Waals surface area (Å²) in [5.41, 5.74) is 1.08. The molecule has 1 aliphatic carbocycles. The van der Waals surface area contributed by atoms with Crippen molar-refractivity contribution in [2.75, 3.05) is 14.2 Å². The average Bonchev–Trinajstić information content (AvgIpc) is 2.62. The normalized spacial score (nSPS) is 24.4. The average molecular weight is 250 g/mol. The van der Waals surface area contributed by atoms with Crippen LogP contribution in [0.4, 0.5) is 0 Å². The molecule has 1 aromatic carbocycles. The van der Waals surface area contributed by atoms with E-state index < -0.39 is 0 Å². The van der Waals surface area contributed by atoms with Gasteiger partial charge in [-0.25, -0.2) is 0 Å². The van der Waals surface area contributed by atoms with Gasteiger partial charge in [0.2, 0.25) is 0 Å². The monoisotopic (exact) mass is 250 g/mol. The van der Waals surface area contributed by atoms with Gasteiger partial charge in [0.05, 0.1) is 20.3 Å². The van der Waals surface area contributed by atoms with Crippen molar-refractivity contribution in [2.24, 2.45) is 0 Å². The number of benzene rings is 1.